The van der Waals surface area contributed by atoms with E-state index >= 15 is 0 Å². The number of methoxy groups -OCH3 is 2. The van der Waals surface area contributed by atoms with Crippen molar-refractivity contribution in [1.82, 2.24) is 10.2 Å². The Bertz CT molecular complexity index is 530. The zero-order valence-electron chi connectivity index (χ0n) is 11.8. The Morgan fingerprint density at radius 2 is 2.00 bits per heavy atom. The van der Waals surface area contributed by atoms with Crippen molar-refractivity contribution in [3.05, 3.63) is 23.8 Å². The number of benzene rings is 1. The van der Waals surface area contributed by atoms with Crippen molar-refractivity contribution >= 4 is 11.8 Å². The van der Waals surface area contributed by atoms with E-state index in [2.05, 4.69) is 5.32 Å². The highest BCUT2D eigenvalue weighted by Gasteiger charge is 2.33. The summed E-state index contributed by atoms with van der Waals surface area (Å²) >= 11 is 0. The summed E-state index contributed by atoms with van der Waals surface area (Å²) in [5, 5.41) is 2.78. The van der Waals surface area contributed by atoms with E-state index in [1.165, 1.54) is 14.0 Å². The Hall–Kier alpha value is -2.24. The van der Waals surface area contributed by atoms with Gasteiger partial charge in [0.15, 0.2) is 11.5 Å². The van der Waals surface area contributed by atoms with Crippen LogP contribution >= 0.6 is 0 Å². The molecule has 1 N–H and O–H groups in total. The van der Waals surface area contributed by atoms with E-state index in [0.717, 1.165) is 0 Å². The average Bonchev–Trinajstić information content (AvgIpc) is 2.46. The fraction of sp³-hybridized carbons (Fsp3) is 0.429. The van der Waals surface area contributed by atoms with E-state index in [1.807, 2.05) is 0 Å². The first-order valence-electron chi connectivity index (χ1n) is 6.35. The summed E-state index contributed by atoms with van der Waals surface area (Å²) in [5.41, 5.74) is 0.704. The van der Waals surface area contributed by atoms with Crippen molar-refractivity contribution in [3.63, 3.8) is 0 Å². The average molecular weight is 278 g/mol. The number of carbonyl (C=O) groups is 2. The first kappa shape index (κ1) is 14.2. The third kappa shape index (κ3) is 2.54. The summed E-state index contributed by atoms with van der Waals surface area (Å²) in [4.78, 5) is 25.3. The Labute approximate surface area is 117 Å². The van der Waals surface area contributed by atoms with Crippen molar-refractivity contribution < 1.29 is 19.1 Å². The molecular formula is C14H18N2O4. The van der Waals surface area contributed by atoms with E-state index in [9.17, 15) is 9.59 Å². The molecule has 1 aromatic carbocycles. The molecule has 1 aromatic rings. The number of piperazine rings is 1. The lowest BCUT2D eigenvalue weighted by atomic mass is 10.0. The smallest absolute Gasteiger partial charge is 0.247 e. The van der Waals surface area contributed by atoms with Crippen molar-refractivity contribution in [3.8, 4) is 11.5 Å². The van der Waals surface area contributed by atoms with Crippen LogP contribution in [0.15, 0.2) is 18.2 Å². The first-order chi connectivity index (χ1) is 9.58. The zero-order valence-corrected chi connectivity index (χ0v) is 11.8. The molecule has 0 aliphatic carbocycles. The van der Waals surface area contributed by atoms with Gasteiger partial charge in [0.1, 0.15) is 6.04 Å². The molecule has 2 amide bonds. The molecule has 0 bridgehead atoms. The summed E-state index contributed by atoms with van der Waals surface area (Å²) in [5.74, 6) is 0.812. The van der Waals surface area contributed by atoms with Gasteiger partial charge in [-0.2, -0.15) is 0 Å². The van der Waals surface area contributed by atoms with Crippen molar-refractivity contribution in [2.45, 2.75) is 13.0 Å². The molecule has 0 radical (unpaired) electrons. The predicted octanol–water partition coefficient (Wildman–Crippen LogP) is 0.723. The normalized spacial score (nSPS) is 18.4. The van der Waals surface area contributed by atoms with Gasteiger partial charge in [0.2, 0.25) is 11.8 Å². The third-order valence-corrected chi connectivity index (χ3v) is 3.34. The predicted molar refractivity (Wildman–Crippen MR) is 72.7 cm³/mol. The molecule has 1 saturated heterocycles. The minimum atomic E-state index is -0.624. The van der Waals surface area contributed by atoms with Gasteiger partial charge in [0, 0.05) is 20.0 Å². The fourth-order valence-corrected chi connectivity index (χ4v) is 2.36. The minimum absolute atomic E-state index is 0.125. The van der Waals surface area contributed by atoms with Gasteiger partial charge in [0.05, 0.1) is 14.2 Å². The molecule has 1 unspecified atom stereocenters. The van der Waals surface area contributed by atoms with Crippen molar-refractivity contribution in [2.24, 2.45) is 0 Å². The van der Waals surface area contributed by atoms with Crippen LogP contribution in [-0.2, 0) is 9.59 Å². The number of carbonyl (C=O) groups excluding carboxylic acids is 2. The van der Waals surface area contributed by atoms with Gasteiger partial charge in [-0.1, -0.05) is 6.07 Å². The topological polar surface area (TPSA) is 67.9 Å². The lowest BCUT2D eigenvalue weighted by Crippen LogP contribution is -2.51. The van der Waals surface area contributed by atoms with Crippen LogP contribution in [0.1, 0.15) is 18.5 Å². The molecule has 2 rings (SSSR count). The summed E-state index contributed by atoms with van der Waals surface area (Å²) < 4.78 is 10.4. The maximum absolute atomic E-state index is 12.1. The Morgan fingerprint density at radius 1 is 1.30 bits per heavy atom. The summed E-state index contributed by atoms with van der Waals surface area (Å²) in [6.07, 6.45) is 0. The number of nitrogens with one attached hydrogen (secondary N) is 1. The first-order valence-corrected chi connectivity index (χ1v) is 6.35. The third-order valence-electron chi connectivity index (χ3n) is 3.34. The van der Waals surface area contributed by atoms with Gasteiger partial charge in [-0.25, -0.2) is 0 Å². The molecule has 0 spiro atoms. The summed E-state index contributed by atoms with van der Waals surface area (Å²) in [6.45, 7) is 2.44. The van der Waals surface area contributed by atoms with Gasteiger partial charge in [-0.3, -0.25) is 9.59 Å². The van der Waals surface area contributed by atoms with Gasteiger partial charge < -0.3 is 19.7 Å². The maximum atomic E-state index is 12.1. The molecule has 108 valence electrons. The number of hydrogen-bond donors (Lipinski definition) is 1. The number of ether oxygens (including phenoxy) is 2. The van der Waals surface area contributed by atoms with Gasteiger partial charge >= 0.3 is 0 Å². The Balaban J connectivity index is 2.41. The second kappa shape index (κ2) is 5.81. The lowest BCUT2D eigenvalue weighted by molar-refractivity contribution is -0.142. The van der Waals surface area contributed by atoms with E-state index in [-0.39, 0.29) is 11.8 Å². The molecule has 6 nitrogen and oxygen atoms in total. The van der Waals surface area contributed by atoms with Gasteiger partial charge in [-0.05, 0) is 17.7 Å². The Morgan fingerprint density at radius 3 is 2.60 bits per heavy atom. The number of hydrogen-bond acceptors (Lipinski definition) is 4. The maximum Gasteiger partial charge on any atom is 0.247 e. The Kier molecular flexibility index (Phi) is 4.12. The van der Waals surface area contributed by atoms with Crippen molar-refractivity contribution in [2.75, 3.05) is 27.3 Å². The lowest BCUT2D eigenvalue weighted by Gasteiger charge is -2.34. The number of nitrogens with zero attached hydrogens (tertiary/aromatic N) is 1. The standard InChI is InChI=1S/C14H18N2O4/c1-9(17)16-7-6-15-14(18)13(16)10-4-5-11(19-2)12(8-10)20-3/h4-5,8,13H,6-7H2,1-3H3,(H,15,18). The molecule has 6 heteroatoms. The number of rotatable bonds is 3. The molecule has 1 atom stereocenters. The molecule has 0 saturated carbocycles. The van der Waals surface area contributed by atoms with Crippen LogP contribution in [0, 0.1) is 0 Å². The van der Waals surface area contributed by atoms with Gasteiger partial charge in [0.25, 0.3) is 0 Å². The van der Waals surface area contributed by atoms with Crippen molar-refractivity contribution in [1.29, 1.82) is 0 Å². The van der Waals surface area contributed by atoms with E-state index in [1.54, 1.807) is 30.2 Å². The van der Waals surface area contributed by atoms with E-state index < -0.39 is 6.04 Å². The van der Waals surface area contributed by atoms with Crippen LogP contribution in [0.4, 0.5) is 0 Å². The van der Waals surface area contributed by atoms with Crippen LogP contribution < -0.4 is 14.8 Å². The molecule has 1 heterocycles. The largest absolute Gasteiger partial charge is 0.493 e. The van der Waals surface area contributed by atoms with Crippen LogP contribution in [0.2, 0.25) is 0 Å². The molecule has 1 aliphatic heterocycles. The van der Waals surface area contributed by atoms with Gasteiger partial charge in [-0.15, -0.1) is 0 Å². The second-order valence-electron chi connectivity index (χ2n) is 4.52. The SMILES string of the molecule is COc1ccc(C2C(=O)NCCN2C(C)=O)cc1OC. The molecule has 20 heavy (non-hydrogen) atoms. The monoisotopic (exact) mass is 278 g/mol. The zero-order chi connectivity index (χ0) is 14.7. The van der Waals surface area contributed by atoms with Crippen LogP contribution in [0.5, 0.6) is 11.5 Å². The summed E-state index contributed by atoms with van der Waals surface area (Å²) in [7, 11) is 3.08. The second-order valence-corrected chi connectivity index (χ2v) is 4.52. The molecular weight excluding hydrogens is 260 g/mol. The summed E-state index contributed by atoms with van der Waals surface area (Å²) in [6, 6.07) is 4.60. The minimum Gasteiger partial charge on any atom is -0.493 e. The quantitative estimate of drug-likeness (QED) is 0.884. The highest BCUT2D eigenvalue weighted by atomic mass is 16.5. The molecule has 1 fully saturated rings. The molecule has 0 aromatic heterocycles. The highest BCUT2D eigenvalue weighted by molar-refractivity contribution is 5.89. The van der Waals surface area contributed by atoms with Crippen LogP contribution in [-0.4, -0.2) is 44.0 Å². The molecule has 1 aliphatic rings. The van der Waals surface area contributed by atoms with E-state index in [4.69, 9.17) is 9.47 Å². The fourth-order valence-electron chi connectivity index (χ4n) is 2.36. The van der Waals surface area contributed by atoms with E-state index in [0.29, 0.717) is 30.2 Å². The number of amides is 2. The van der Waals surface area contributed by atoms with Crippen LogP contribution in [0.3, 0.4) is 0 Å². The van der Waals surface area contributed by atoms with Crippen LogP contribution in [0.25, 0.3) is 0 Å². The highest BCUT2D eigenvalue weighted by Crippen LogP contribution is 2.32.